The summed E-state index contributed by atoms with van der Waals surface area (Å²) in [4.78, 5) is 4.53. The predicted octanol–water partition coefficient (Wildman–Crippen LogP) is 2.44. The van der Waals surface area contributed by atoms with E-state index in [1.807, 2.05) is 18.2 Å². The van der Waals surface area contributed by atoms with Gasteiger partial charge in [0.2, 0.25) is 0 Å². The Hall–Kier alpha value is -1.18. The first-order valence-corrected chi connectivity index (χ1v) is 6.98. The van der Waals surface area contributed by atoms with Crippen molar-refractivity contribution in [3.8, 4) is 11.5 Å². The number of benzene rings is 1. The van der Waals surface area contributed by atoms with Crippen LogP contribution in [0.2, 0.25) is 0 Å². The zero-order valence-electron chi connectivity index (χ0n) is 13.2. The van der Waals surface area contributed by atoms with Crippen LogP contribution in [0.1, 0.15) is 19.4 Å². The molecule has 0 spiro atoms. The molecule has 0 heterocycles. The standard InChI is InChI=1S/C15H25N3O2.HI/c1-5-16-15(17-6-2)18-10-9-12-11-13(19-3)7-8-14(12)20-4;/h7-8,11H,5-6,9-10H2,1-4H3,(H2,16,17,18);1H. The molecule has 0 unspecified atom stereocenters. The first-order chi connectivity index (χ1) is 9.74. The molecule has 21 heavy (non-hydrogen) atoms. The molecule has 0 saturated heterocycles. The largest absolute Gasteiger partial charge is 0.497 e. The monoisotopic (exact) mass is 407 g/mol. The van der Waals surface area contributed by atoms with Gasteiger partial charge < -0.3 is 20.1 Å². The summed E-state index contributed by atoms with van der Waals surface area (Å²) in [6.07, 6.45) is 0.806. The van der Waals surface area contributed by atoms with E-state index in [1.54, 1.807) is 14.2 Å². The summed E-state index contributed by atoms with van der Waals surface area (Å²) >= 11 is 0. The Balaban J connectivity index is 0.00000400. The van der Waals surface area contributed by atoms with E-state index < -0.39 is 0 Å². The highest BCUT2D eigenvalue weighted by molar-refractivity contribution is 14.0. The summed E-state index contributed by atoms with van der Waals surface area (Å²) in [5.41, 5.74) is 1.10. The third kappa shape index (κ3) is 6.88. The molecule has 0 amide bonds. The highest BCUT2D eigenvalue weighted by atomic mass is 127. The molecule has 1 rings (SSSR count). The molecule has 0 bridgehead atoms. The second-order valence-electron chi connectivity index (χ2n) is 4.22. The Morgan fingerprint density at radius 1 is 1.10 bits per heavy atom. The molecule has 0 fully saturated rings. The van der Waals surface area contributed by atoms with Gasteiger partial charge in [-0.2, -0.15) is 0 Å². The number of aliphatic imine (C=N–C) groups is 1. The van der Waals surface area contributed by atoms with Gasteiger partial charge in [0.25, 0.3) is 0 Å². The van der Waals surface area contributed by atoms with Crippen LogP contribution in [-0.2, 0) is 6.42 Å². The molecule has 0 saturated carbocycles. The van der Waals surface area contributed by atoms with Crippen molar-refractivity contribution < 1.29 is 9.47 Å². The molecule has 1 aromatic carbocycles. The highest BCUT2D eigenvalue weighted by Gasteiger charge is 2.05. The maximum Gasteiger partial charge on any atom is 0.191 e. The van der Waals surface area contributed by atoms with Gasteiger partial charge in [-0.05, 0) is 44.0 Å². The van der Waals surface area contributed by atoms with Crippen molar-refractivity contribution in [3.63, 3.8) is 0 Å². The van der Waals surface area contributed by atoms with Crippen LogP contribution < -0.4 is 20.1 Å². The van der Waals surface area contributed by atoms with Crippen molar-refractivity contribution in [1.29, 1.82) is 0 Å². The second-order valence-corrected chi connectivity index (χ2v) is 4.22. The van der Waals surface area contributed by atoms with E-state index in [9.17, 15) is 0 Å². The fourth-order valence-electron chi connectivity index (χ4n) is 1.87. The van der Waals surface area contributed by atoms with Crippen molar-refractivity contribution in [1.82, 2.24) is 10.6 Å². The predicted molar refractivity (Wildman–Crippen MR) is 98.3 cm³/mol. The van der Waals surface area contributed by atoms with Crippen molar-refractivity contribution in [2.75, 3.05) is 33.9 Å². The Bertz CT molecular complexity index is 431. The van der Waals surface area contributed by atoms with Gasteiger partial charge in [-0.15, -0.1) is 24.0 Å². The van der Waals surface area contributed by atoms with Crippen molar-refractivity contribution in [2.45, 2.75) is 20.3 Å². The number of hydrogen-bond acceptors (Lipinski definition) is 3. The van der Waals surface area contributed by atoms with Gasteiger partial charge >= 0.3 is 0 Å². The number of methoxy groups -OCH3 is 2. The van der Waals surface area contributed by atoms with Crippen LogP contribution in [0, 0.1) is 0 Å². The smallest absolute Gasteiger partial charge is 0.191 e. The molecule has 0 aliphatic carbocycles. The first-order valence-electron chi connectivity index (χ1n) is 6.98. The number of hydrogen-bond donors (Lipinski definition) is 2. The van der Waals surface area contributed by atoms with Gasteiger partial charge in [0.05, 0.1) is 14.2 Å². The van der Waals surface area contributed by atoms with E-state index in [1.165, 1.54) is 0 Å². The molecule has 0 aromatic heterocycles. The van der Waals surface area contributed by atoms with Gasteiger partial charge in [-0.1, -0.05) is 0 Å². The van der Waals surface area contributed by atoms with E-state index in [2.05, 4.69) is 29.5 Å². The van der Waals surface area contributed by atoms with Crippen LogP contribution in [0.4, 0.5) is 0 Å². The molecular formula is C15H26IN3O2. The number of rotatable bonds is 7. The van der Waals surface area contributed by atoms with E-state index in [4.69, 9.17) is 9.47 Å². The minimum Gasteiger partial charge on any atom is -0.497 e. The average Bonchev–Trinajstić information content (AvgIpc) is 2.47. The first kappa shape index (κ1) is 19.8. The lowest BCUT2D eigenvalue weighted by molar-refractivity contribution is 0.399. The molecule has 0 radical (unpaired) electrons. The molecule has 0 aliphatic rings. The Morgan fingerprint density at radius 3 is 2.29 bits per heavy atom. The molecule has 0 atom stereocenters. The summed E-state index contributed by atoms with van der Waals surface area (Å²) in [5, 5.41) is 6.41. The third-order valence-corrected chi connectivity index (χ3v) is 2.83. The topological polar surface area (TPSA) is 54.9 Å². The van der Waals surface area contributed by atoms with Crippen molar-refractivity contribution >= 4 is 29.9 Å². The van der Waals surface area contributed by atoms with Crippen LogP contribution in [-0.4, -0.2) is 39.8 Å². The number of nitrogens with one attached hydrogen (secondary N) is 2. The van der Waals surface area contributed by atoms with Crippen molar-refractivity contribution in [3.05, 3.63) is 23.8 Å². The normalized spacial score (nSPS) is 9.33. The maximum atomic E-state index is 5.36. The van der Waals surface area contributed by atoms with Gasteiger partial charge in [-0.25, -0.2) is 0 Å². The molecule has 0 aliphatic heterocycles. The molecule has 1 aromatic rings. The number of ether oxygens (including phenoxy) is 2. The summed E-state index contributed by atoms with van der Waals surface area (Å²) in [5.74, 6) is 2.55. The Kier molecular flexibility index (Phi) is 10.8. The lowest BCUT2D eigenvalue weighted by Gasteiger charge is -2.11. The van der Waals surface area contributed by atoms with E-state index in [0.717, 1.165) is 42.5 Å². The molecule has 6 heteroatoms. The Labute approximate surface area is 144 Å². The Morgan fingerprint density at radius 2 is 1.76 bits per heavy atom. The van der Waals surface area contributed by atoms with Gasteiger partial charge in [-0.3, -0.25) is 4.99 Å². The highest BCUT2D eigenvalue weighted by Crippen LogP contribution is 2.24. The summed E-state index contributed by atoms with van der Waals surface area (Å²) in [6, 6.07) is 5.82. The van der Waals surface area contributed by atoms with Gasteiger partial charge in [0, 0.05) is 19.6 Å². The quantitative estimate of drug-likeness (QED) is 0.414. The number of nitrogens with zero attached hydrogens (tertiary/aromatic N) is 1. The molecule has 5 nitrogen and oxygen atoms in total. The van der Waals surface area contributed by atoms with Crippen LogP contribution >= 0.6 is 24.0 Å². The summed E-state index contributed by atoms with van der Waals surface area (Å²) in [7, 11) is 3.34. The number of guanidine groups is 1. The fourth-order valence-corrected chi connectivity index (χ4v) is 1.87. The minimum absolute atomic E-state index is 0. The summed E-state index contributed by atoms with van der Waals surface area (Å²) < 4.78 is 10.6. The molecule has 2 N–H and O–H groups in total. The number of halogens is 1. The van der Waals surface area contributed by atoms with Crippen LogP contribution in [0.15, 0.2) is 23.2 Å². The van der Waals surface area contributed by atoms with E-state index in [0.29, 0.717) is 6.54 Å². The maximum absolute atomic E-state index is 5.36. The zero-order valence-corrected chi connectivity index (χ0v) is 15.6. The minimum atomic E-state index is 0. The zero-order chi connectivity index (χ0) is 14.8. The SMILES string of the molecule is CCNC(=NCCc1cc(OC)ccc1OC)NCC.I. The third-order valence-electron chi connectivity index (χ3n) is 2.83. The van der Waals surface area contributed by atoms with Gasteiger partial charge in [0.1, 0.15) is 11.5 Å². The molecular weight excluding hydrogens is 381 g/mol. The van der Waals surface area contributed by atoms with Crippen LogP contribution in [0.5, 0.6) is 11.5 Å². The van der Waals surface area contributed by atoms with Gasteiger partial charge in [0.15, 0.2) is 5.96 Å². The van der Waals surface area contributed by atoms with Crippen LogP contribution in [0.3, 0.4) is 0 Å². The lowest BCUT2D eigenvalue weighted by Crippen LogP contribution is -2.37. The second kappa shape index (κ2) is 11.5. The lowest BCUT2D eigenvalue weighted by atomic mass is 10.1. The van der Waals surface area contributed by atoms with Crippen molar-refractivity contribution in [2.24, 2.45) is 4.99 Å². The summed E-state index contributed by atoms with van der Waals surface area (Å²) in [6.45, 7) is 6.51. The van der Waals surface area contributed by atoms with E-state index in [-0.39, 0.29) is 24.0 Å². The van der Waals surface area contributed by atoms with Crippen LogP contribution in [0.25, 0.3) is 0 Å². The van der Waals surface area contributed by atoms with E-state index >= 15 is 0 Å². The fraction of sp³-hybridized carbons (Fsp3) is 0.533. The molecule has 120 valence electrons. The average molecular weight is 407 g/mol.